The van der Waals surface area contributed by atoms with Crippen molar-refractivity contribution in [3.8, 4) is 0 Å². The molecule has 2 heterocycles. The minimum Gasteiger partial charge on any atom is -0.337 e. The molecule has 0 aliphatic rings. The topological polar surface area (TPSA) is 98.3 Å². The summed E-state index contributed by atoms with van der Waals surface area (Å²) in [4.78, 5) is 16.4. The molecule has 0 saturated heterocycles. The van der Waals surface area contributed by atoms with Crippen molar-refractivity contribution in [2.45, 2.75) is 52.0 Å². The van der Waals surface area contributed by atoms with Crippen LogP contribution in [-0.2, 0) is 23.0 Å². The summed E-state index contributed by atoms with van der Waals surface area (Å²) in [6, 6.07) is 2.57. The van der Waals surface area contributed by atoms with Gasteiger partial charge in [-0.2, -0.15) is 9.29 Å². The lowest BCUT2D eigenvalue weighted by Crippen LogP contribution is -2.32. The quantitative estimate of drug-likeness (QED) is 0.657. The minimum atomic E-state index is -3.64. The van der Waals surface area contributed by atoms with Crippen LogP contribution in [-0.4, -0.2) is 40.5 Å². The maximum atomic E-state index is 12.6. The second-order valence-electron chi connectivity index (χ2n) is 6.46. The van der Waals surface area contributed by atoms with Gasteiger partial charge in [0.2, 0.25) is 15.9 Å². The molecule has 2 rings (SSSR count). The molecule has 0 atom stereocenters. The maximum absolute atomic E-state index is 12.6. The number of aromatic nitrogens is 3. The Kier molecular flexibility index (Phi) is 6.71. The third-order valence-corrected chi connectivity index (χ3v) is 6.09. The molecule has 9 heteroatoms. The van der Waals surface area contributed by atoms with Gasteiger partial charge in [0.1, 0.15) is 6.54 Å². The second-order valence-corrected chi connectivity index (χ2v) is 8.40. The predicted octanol–water partition coefficient (Wildman–Crippen LogP) is 1.90. The van der Waals surface area contributed by atoms with Crippen molar-refractivity contribution in [1.82, 2.24) is 19.0 Å². The number of rotatable bonds is 9. The van der Waals surface area contributed by atoms with E-state index in [2.05, 4.69) is 24.0 Å². The Bertz CT molecular complexity index is 882. The Balaban J connectivity index is 2.24. The molecule has 0 radical (unpaired) electrons. The molecule has 0 unspecified atom stereocenters. The van der Waals surface area contributed by atoms with Gasteiger partial charge in [-0.15, -0.1) is 0 Å². The average molecular weight is 382 g/mol. The van der Waals surface area contributed by atoms with Crippen LogP contribution in [0.2, 0.25) is 0 Å². The van der Waals surface area contributed by atoms with Gasteiger partial charge < -0.3 is 9.09 Å². The van der Waals surface area contributed by atoms with E-state index < -0.39 is 10.0 Å². The molecule has 0 bridgehead atoms. The lowest BCUT2D eigenvalue weighted by atomic mass is 10.1. The first-order valence-corrected chi connectivity index (χ1v) is 10.2. The standard InChI is InChI=1S/C17H26N4O4S/c1-5-21(6-2)26(23,24)14-8-10-17(22)20(11-14)12-16-18-15(19-25-16)9-7-13(3)4/h8,10-11,13H,5-7,9,12H2,1-4H3. The van der Waals surface area contributed by atoms with Crippen LogP contribution >= 0.6 is 0 Å². The Morgan fingerprint density at radius 2 is 1.92 bits per heavy atom. The van der Waals surface area contributed by atoms with E-state index in [9.17, 15) is 13.2 Å². The largest absolute Gasteiger partial charge is 0.337 e. The van der Waals surface area contributed by atoms with Crippen molar-refractivity contribution in [2.75, 3.05) is 13.1 Å². The number of pyridine rings is 1. The molecule has 0 spiro atoms. The first-order chi connectivity index (χ1) is 12.3. The van der Waals surface area contributed by atoms with Gasteiger partial charge in [-0.05, 0) is 18.4 Å². The van der Waals surface area contributed by atoms with Gasteiger partial charge in [-0.3, -0.25) is 4.79 Å². The minimum absolute atomic E-state index is 0.0368. The summed E-state index contributed by atoms with van der Waals surface area (Å²) in [5.41, 5.74) is -0.328. The molecule has 0 amide bonds. The van der Waals surface area contributed by atoms with E-state index in [1.54, 1.807) is 13.8 Å². The smallest absolute Gasteiger partial charge is 0.251 e. The highest BCUT2D eigenvalue weighted by Crippen LogP contribution is 2.14. The van der Waals surface area contributed by atoms with E-state index in [-0.39, 0.29) is 22.9 Å². The van der Waals surface area contributed by atoms with E-state index in [0.29, 0.717) is 31.3 Å². The van der Waals surface area contributed by atoms with Crippen LogP contribution < -0.4 is 5.56 Å². The zero-order chi connectivity index (χ0) is 19.3. The number of hydrogen-bond acceptors (Lipinski definition) is 6. The molecule has 144 valence electrons. The van der Waals surface area contributed by atoms with Crippen LogP contribution in [0.1, 0.15) is 45.8 Å². The molecule has 0 aromatic carbocycles. The van der Waals surface area contributed by atoms with Crippen molar-refractivity contribution in [2.24, 2.45) is 5.92 Å². The number of aryl methyl sites for hydroxylation is 1. The zero-order valence-electron chi connectivity index (χ0n) is 15.7. The molecular formula is C17H26N4O4S. The fourth-order valence-electron chi connectivity index (χ4n) is 2.52. The van der Waals surface area contributed by atoms with Crippen molar-refractivity contribution >= 4 is 10.0 Å². The average Bonchev–Trinajstić information content (AvgIpc) is 3.03. The molecular weight excluding hydrogens is 356 g/mol. The summed E-state index contributed by atoms with van der Waals surface area (Å²) < 4.78 is 33.1. The molecule has 0 fully saturated rings. The SMILES string of the molecule is CCN(CC)S(=O)(=O)c1ccc(=O)n(Cc2nc(CCC(C)C)no2)c1. The first-order valence-electron chi connectivity index (χ1n) is 8.80. The van der Waals surface area contributed by atoms with Gasteiger partial charge >= 0.3 is 0 Å². The molecule has 8 nitrogen and oxygen atoms in total. The number of sulfonamides is 1. The summed E-state index contributed by atoms with van der Waals surface area (Å²) in [5, 5.41) is 3.91. The van der Waals surface area contributed by atoms with Crippen molar-refractivity contribution in [1.29, 1.82) is 0 Å². The van der Waals surface area contributed by atoms with Crippen molar-refractivity contribution in [3.63, 3.8) is 0 Å². The summed E-state index contributed by atoms with van der Waals surface area (Å²) in [6.07, 6.45) is 2.97. The van der Waals surface area contributed by atoms with Crippen LogP contribution in [0.15, 0.2) is 32.5 Å². The van der Waals surface area contributed by atoms with E-state index in [1.807, 2.05) is 0 Å². The Morgan fingerprint density at radius 3 is 2.54 bits per heavy atom. The van der Waals surface area contributed by atoms with Crippen molar-refractivity contribution in [3.05, 3.63) is 40.4 Å². The Morgan fingerprint density at radius 1 is 1.23 bits per heavy atom. The van der Waals surface area contributed by atoms with Crippen LogP contribution in [0.5, 0.6) is 0 Å². The maximum Gasteiger partial charge on any atom is 0.251 e. The molecule has 0 aliphatic carbocycles. The Labute approximate surface area is 153 Å². The van der Waals surface area contributed by atoms with Crippen LogP contribution in [0, 0.1) is 5.92 Å². The van der Waals surface area contributed by atoms with Crippen molar-refractivity contribution < 1.29 is 12.9 Å². The number of nitrogens with zero attached hydrogens (tertiary/aromatic N) is 4. The highest BCUT2D eigenvalue weighted by Gasteiger charge is 2.22. The van der Waals surface area contributed by atoms with E-state index >= 15 is 0 Å². The molecule has 2 aromatic heterocycles. The van der Waals surface area contributed by atoms with Gasteiger partial charge in [0.15, 0.2) is 5.82 Å². The zero-order valence-corrected chi connectivity index (χ0v) is 16.5. The highest BCUT2D eigenvalue weighted by atomic mass is 32.2. The van der Waals surface area contributed by atoms with E-state index in [4.69, 9.17) is 4.52 Å². The van der Waals surface area contributed by atoms with Gasteiger partial charge in [-0.1, -0.05) is 32.9 Å². The predicted molar refractivity (Wildman–Crippen MR) is 97.4 cm³/mol. The Hall–Kier alpha value is -2.00. The summed E-state index contributed by atoms with van der Waals surface area (Å²) >= 11 is 0. The highest BCUT2D eigenvalue weighted by molar-refractivity contribution is 7.89. The van der Waals surface area contributed by atoms with E-state index in [0.717, 1.165) is 6.42 Å². The van der Waals surface area contributed by atoms with Gasteiger partial charge in [0.25, 0.3) is 5.56 Å². The summed E-state index contributed by atoms with van der Waals surface area (Å²) in [7, 11) is -3.64. The van der Waals surface area contributed by atoms with Gasteiger partial charge in [-0.25, -0.2) is 8.42 Å². The fraction of sp³-hybridized carbons (Fsp3) is 0.588. The number of hydrogen-bond donors (Lipinski definition) is 0. The van der Waals surface area contributed by atoms with Crippen LogP contribution in [0.25, 0.3) is 0 Å². The monoisotopic (exact) mass is 382 g/mol. The van der Waals surface area contributed by atoms with Gasteiger partial charge in [0.05, 0.1) is 4.90 Å². The molecule has 0 saturated carbocycles. The normalized spacial score (nSPS) is 12.2. The fourth-order valence-corrected chi connectivity index (χ4v) is 4.00. The third-order valence-electron chi connectivity index (χ3n) is 4.06. The molecule has 0 aliphatic heterocycles. The van der Waals surface area contributed by atoms with Crippen LogP contribution in [0.4, 0.5) is 0 Å². The molecule has 2 aromatic rings. The second kappa shape index (κ2) is 8.59. The first kappa shape index (κ1) is 20.3. The third kappa shape index (κ3) is 4.79. The summed E-state index contributed by atoms with van der Waals surface area (Å²) in [6.45, 7) is 8.53. The molecule has 26 heavy (non-hydrogen) atoms. The lowest BCUT2D eigenvalue weighted by Gasteiger charge is -2.18. The summed E-state index contributed by atoms with van der Waals surface area (Å²) in [5.74, 6) is 1.40. The lowest BCUT2D eigenvalue weighted by molar-refractivity contribution is 0.363. The van der Waals surface area contributed by atoms with Crippen LogP contribution in [0.3, 0.4) is 0 Å². The van der Waals surface area contributed by atoms with Gasteiger partial charge in [0, 0.05) is 31.8 Å². The van der Waals surface area contributed by atoms with E-state index in [1.165, 1.54) is 27.2 Å². The molecule has 0 N–H and O–H groups in total.